The molecule has 12 nitrogen and oxygen atoms in total. The van der Waals surface area contributed by atoms with Gasteiger partial charge in [0.1, 0.15) is 11.8 Å². The van der Waals surface area contributed by atoms with E-state index >= 15 is 0 Å². The van der Waals surface area contributed by atoms with E-state index in [0.29, 0.717) is 79.3 Å². The van der Waals surface area contributed by atoms with E-state index in [1.165, 1.54) is 0 Å². The van der Waals surface area contributed by atoms with Gasteiger partial charge in [0.15, 0.2) is 6.10 Å². The molecule has 0 unspecified atom stereocenters. The summed E-state index contributed by atoms with van der Waals surface area (Å²) in [6.45, 7) is 3.00. The second-order valence-electron chi connectivity index (χ2n) is 13.4. The van der Waals surface area contributed by atoms with Gasteiger partial charge in [-0.05, 0) is 113 Å². The lowest BCUT2D eigenvalue weighted by molar-refractivity contribution is -0.148. The van der Waals surface area contributed by atoms with Gasteiger partial charge in [-0.15, -0.1) is 0 Å². The number of benzene rings is 2. The Balaban J connectivity index is 1.09. The Morgan fingerprint density at radius 1 is 0.878 bits per heavy atom. The molecule has 0 saturated carbocycles. The lowest BCUT2D eigenvalue weighted by Crippen LogP contribution is -2.55. The van der Waals surface area contributed by atoms with Crippen LogP contribution in [0.5, 0.6) is 5.75 Å². The smallest absolute Gasteiger partial charge is 0.410 e. The number of likely N-dealkylation sites (tertiary alicyclic amines) is 3. The fourth-order valence-corrected chi connectivity index (χ4v) is 8.98. The third-order valence-electron chi connectivity index (χ3n) is 10.4. The minimum Gasteiger partial charge on any atom is -0.506 e. The SMILES string of the molecule is O=C(O)[C@H]1CCCCN1C1CCN(C(=O)[C@@H](Cc2cc(Br)c(O)c(Br)c2)OC(=O)N2CCC(N3CCc4ccccc4NC3=O)CC2)CC1. The zero-order chi connectivity index (χ0) is 34.7. The number of hydrogen-bond acceptors (Lipinski definition) is 7. The van der Waals surface area contributed by atoms with Gasteiger partial charge in [0.25, 0.3) is 5.91 Å². The van der Waals surface area contributed by atoms with Crippen molar-refractivity contribution in [1.82, 2.24) is 19.6 Å². The number of phenolic OH excluding ortho intramolecular Hbond substituents is 1. The van der Waals surface area contributed by atoms with Crippen LogP contribution >= 0.6 is 31.9 Å². The number of nitrogens with zero attached hydrogens (tertiary/aromatic N) is 4. The number of carboxylic acids is 1. The molecule has 2 aromatic carbocycles. The van der Waals surface area contributed by atoms with Crippen LogP contribution in [0.2, 0.25) is 0 Å². The van der Waals surface area contributed by atoms with Gasteiger partial charge in [-0.2, -0.15) is 0 Å². The van der Waals surface area contributed by atoms with Crippen molar-refractivity contribution in [3.8, 4) is 5.75 Å². The van der Waals surface area contributed by atoms with Crippen LogP contribution in [0.15, 0.2) is 45.3 Å². The predicted octanol–water partition coefficient (Wildman–Crippen LogP) is 5.45. The lowest BCUT2D eigenvalue weighted by Gasteiger charge is -2.43. The number of nitrogens with one attached hydrogen (secondary N) is 1. The largest absolute Gasteiger partial charge is 0.506 e. The molecule has 264 valence electrons. The molecule has 3 saturated heterocycles. The Bertz CT molecular complexity index is 1540. The van der Waals surface area contributed by atoms with E-state index < -0.39 is 24.2 Å². The van der Waals surface area contributed by atoms with Crippen molar-refractivity contribution in [2.75, 3.05) is 44.6 Å². The maximum atomic E-state index is 14.0. The van der Waals surface area contributed by atoms with Crippen LogP contribution < -0.4 is 5.32 Å². The molecule has 4 aliphatic rings. The number of para-hydroxylation sites is 1. The van der Waals surface area contributed by atoms with Crippen molar-refractivity contribution >= 4 is 61.5 Å². The molecule has 6 rings (SSSR count). The predicted molar refractivity (Wildman–Crippen MR) is 190 cm³/mol. The summed E-state index contributed by atoms with van der Waals surface area (Å²) in [4.78, 5) is 59.9. The summed E-state index contributed by atoms with van der Waals surface area (Å²) in [6.07, 6.45) is 4.19. The van der Waals surface area contributed by atoms with Gasteiger partial charge in [0.2, 0.25) is 0 Å². The highest BCUT2D eigenvalue weighted by Crippen LogP contribution is 2.34. The highest BCUT2D eigenvalue weighted by molar-refractivity contribution is 9.11. The number of halogens is 2. The van der Waals surface area contributed by atoms with Crippen molar-refractivity contribution < 1.29 is 34.1 Å². The van der Waals surface area contributed by atoms with Crippen LogP contribution in [-0.4, -0.2) is 117 Å². The number of fused-ring (bicyclic) bond motifs is 1. The number of hydrogen-bond donors (Lipinski definition) is 3. The second-order valence-corrected chi connectivity index (χ2v) is 15.1. The normalized spacial score (nSPS) is 21.8. The number of carbonyl (C=O) groups excluding carboxylic acids is 3. The summed E-state index contributed by atoms with van der Waals surface area (Å²) < 4.78 is 6.90. The second kappa shape index (κ2) is 15.7. The van der Waals surface area contributed by atoms with Crippen LogP contribution in [0.4, 0.5) is 15.3 Å². The number of aromatic hydroxyl groups is 1. The van der Waals surface area contributed by atoms with Crippen LogP contribution in [0.3, 0.4) is 0 Å². The van der Waals surface area contributed by atoms with Crippen molar-refractivity contribution in [3.05, 3.63) is 56.5 Å². The zero-order valence-electron chi connectivity index (χ0n) is 27.4. The number of rotatable bonds is 7. The van der Waals surface area contributed by atoms with Gasteiger partial charge in [0.05, 0.1) is 8.95 Å². The van der Waals surface area contributed by atoms with Gasteiger partial charge >= 0.3 is 18.1 Å². The molecular formula is C35H43Br2N5O7. The zero-order valence-corrected chi connectivity index (χ0v) is 30.5. The summed E-state index contributed by atoms with van der Waals surface area (Å²) in [5.41, 5.74) is 2.63. The number of anilines is 1. The number of amides is 4. The first-order chi connectivity index (χ1) is 23.6. The summed E-state index contributed by atoms with van der Waals surface area (Å²) in [7, 11) is 0. The van der Waals surface area contributed by atoms with Crippen LogP contribution in [0.1, 0.15) is 56.1 Å². The highest BCUT2D eigenvalue weighted by atomic mass is 79.9. The number of carboxylic acid groups (broad SMARTS) is 1. The summed E-state index contributed by atoms with van der Waals surface area (Å²) in [5.74, 6) is -1.05. The third-order valence-corrected chi connectivity index (χ3v) is 11.6. The Labute approximate surface area is 303 Å². The fraction of sp³-hybridized carbons (Fsp3) is 0.543. The van der Waals surface area contributed by atoms with Gasteiger partial charge in [-0.1, -0.05) is 24.6 Å². The quantitative estimate of drug-likeness (QED) is 0.336. The molecule has 3 N–H and O–H groups in total. The Kier molecular flexibility index (Phi) is 11.3. The number of aliphatic carboxylic acids is 1. The Hall–Kier alpha value is -3.36. The lowest BCUT2D eigenvalue weighted by atomic mass is 9.94. The first-order valence-corrected chi connectivity index (χ1v) is 18.7. The molecule has 0 radical (unpaired) electrons. The molecule has 0 aromatic heterocycles. The molecule has 0 bridgehead atoms. The fourth-order valence-electron chi connectivity index (χ4n) is 7.70. The van der Waals surface area contributed by atoms with E-state index in [1.807, 2.05) is 29.2 Å². The minimum absolute atomic E-state index is 0.0237. The van der Waals surface area contributed by atoms with Crippen molar-refractivity contribution in [1.29, 1.82) is 0 Å². The van der Waals surface area contributed by atoms with Gasteiger partial charge in [0, 0.05) is 56.9 Å². The molecule has 2 atom stereocenters. The molecule has 3 fully saturated rings. The van der Waals surface area contributed by atoms with Crippen LogP contribution in [0, 0.1) is 0 Å². The van der Waals surface area contributed by atoms with E-state index in [-0.39, 0.29) is 36.2 Å². The maximum Gasteiger partial charge on any atom is 0.410 e. The van der Waals surface area contributed by atoms with Gasteiger partial charge < -0.3 is 35.0 Å². The number of phenols is 1. The summed E-state index contributed by atoms with van der Waals surface area (Å²) in [6, 6.07) is 10.7. The first-order valence-electron chi connectivity index (χ1n) is 17.1. The van der Waals surface area contributed by atoms with Crippen molar-refractivity contribution in [3.63, 3.8) is 0 Å². The van der Waals surface area contributed by atoms with E-state index in [2.05, 4.69) is 42.1 Å². The van der Waals surface area contributed by atoms with Crippen LogP contribution in [-0.2, 0) is 27.2 Å². The maximum absolute atomic E-state index is 14.0. The average molecular weight is 806 g/mol. The molecule has 49 heavy (non-hydrogen) atoms. The summed E-state index contributed by atoms with van der Waals surface area (Å²) in [5, 5.41) is 23.0. The van der Waals surface area contributed by atoms with Crippen molar-refractivity contribution in [2.45, 2.75) is 82.0 Å². The molecule has 2 aromatic rings. The van der Waals surface area contributed by atoms with E-state index in [4.69, 9.17) is 4.74 Å². The topological polar surface area (TPSA) is 143 Å². The molecule has 4 heterocycles. The Morgan fingerprint density at radius 2 is 1.53 bits per heavy atom. The summed E-state index contributed by atoms with van der Waals surface area (Å²) >= 11 is 6.72. The van der Waals surface area contributed by atoms with E-state index in [9.17, 15) is 29.4 Å². The monoisotopic (exact) mass is 803 g/mol. The number of piperidine rings is 3. The first kappa shape index (κ1) is 35.5. The number of ether oxygens (including phenoxy) is 1. The molecule has 4 aliphatic heterocycles. The van der Waals surface area contributed by atoms with E-state index in [0.717, 1.165) is 37.1 Å². The van der Waals surface area contributed by atoms with Gasteiger partial charge in [-0.25, -0.2) is 9.59 Å². The third kappa shape index (κ3) is 8.18. The van der Waals surface area contributed by atoms with Gasteiger partial charge in [-0.3, -0.25) is 14.5 Å². The minimum atomic E-state index is -1.10. The van der Waals surface area contributed by atoms with Crippen LogP contribution in [0.25, 0.3) is 0 Å². The Morgan fingerprint density at radius 3 is 2.22 bits per heavy atom. The number of urea groups is 1. The molecule has 0 spiro atoms. The highest BCUT2D eigenvalue weighted by Gasteiger charge is 2.39. The number of carbonyl (C=O) groups is 4. The molecule has 14 heteroatoms. The average Bonchev–Trinajstić information content (AvgIpc) is 3.28. The standard InChI is InChI=1S/C35H43Br2N5O7/c36-26-19-22(20-27(37)31(26)43)21-30(32(44)39-14-9-24(10-15-39)41-13-4-3-7-29(41)33(45)46)49-35(48)40-16-11-25(12-17-40)42-18-8-23-5-1-2-6-28(23)38-34(42)47/h1-2,5-6,19-20,24-25,29-30,43H,3-4,7-18,21H2,(H,38,47)(H,45,46)/t29-,30-/m1/s1. The van der Waals surface area contributed by atoms with E-state index in [1.54, 1.807) is 21.9 Å². The molecule has 4 amide bonds. The molecule has 0 aliphatic carbocycles. The molecular weight excluding hydrogens is 762 g/mol. The van der Waals surface area contributed by atoms with Crippen molar-refractivity contribution in [2.24, 2.45) is 0 Å².